The van der Waals surface area contributed by atoms with Crippen LogP contribution in [0.4, 0.5) is 0 Å². The van der Waals surface area contributed by atoms with Crippen LogP contribution in [-0.2, 0) is 9.47 Å². The Morgan fingerprint density at radius 1 is 1.14 bits per heavy atom. The lowest BCUT2D eigenvalue weighted by molar-refractivity contribution is -0.181. The molecule has 1 aromatic carbocycles. The van der Waals surface area contributed by atoms with Crippen LogP contribution < -0.4 is 0 Å². The molecule has 0 radical (unpaired) electrons. The number of hydrogen-bond acceptors (Lipinski definition) is 3. The topological polar surface area (TPSA) is 54.6 Å². The number of fused-ring (bicyclic) bond motifs is 1. The minimum absolute atomic E-state index is 0.0795. The van der Waals surface area contributed by atoms with Crippen LogP contribution in [0.25, 0.3) is 10.9 Å². The summed E-state index contributed by atoms with van der Waals surface area (Å²) in [6, 6.07) is 7.80. The third-order valence-corrected chi connectivity index (χ3v) is 4.44. The van der Waals surface area contributed by atoms with E-state index in [0.717, 1.165) is 29.3 Å². The summed E-state index contributed by atoms with van der Waals surface area (Å²) in [4.78, 5) is 17.8. The highest BCUT2D eigenvalue weighted by atomic mass is 16.7. The van der Waals surface area contributed by atoms with Gasteiger partial charge in [-0.3, -0.25) is 4.79 Å². The number of nitrogens with zero attached hydrogens (tertiary/aromatic N) is 1. The van der Waals surface area contributed by atoms with Gasteiger partial charge in [0, 0.05) is 37.5 Å². The molecular weight excluding hydrogens is 268 g/mol. The highest BCUT2D eigenvalue weighted by Crippen LogP contribution is 2.32. The van der Waals surface area contributed by atoms with Crippen LogP contribution in [0, 0.1) is 0 Å². The van der Waals surface area contributed by atoms with Gasteiger partial charge >= 0.3 is 0 Å². The van der Waals surface area contributed by atoms with Crippen molar-refractivity contribution < 1.29 is 14.3 Å². The lowest BCUT2D eigenvalue weighted by Gasteiger charge is -2.37. The molecule has 1 spiro atoms. The summed E-state index contributed by atoms with van der Waals surface area (Å²) in [6.45, 7) is 2.68. The molecule has 21 heavy (non-hydrogen) atoms. The zero-order valence-corrected chi connectivity index (χ0v) is 11.8. The molecule has 3 heterocycles. The van der Waals surface area contributed by atoms with E-state index in [1.54, 1.807) is 0 Å². The molecule has 4 rings (SSSR count). The van der Waals surface area contributed by atoms with E-state index in [2.05, 4.69) is 4.98 Å². The number of hydrogen-bond donors (Lipinski definition) is 1. The summed E-state index contributed by atoms with van der Waals surface area (Å²) in [5.41, 5.74) is 1.65. The van der Waals surface area contributed by atoms with Crippen molar-refractivity contribution in [3.8, 4) is 0 Å². The zero-order valence-electron chi connectivity index (χ0n) is 11.8. The quantitative estimate of drug-likeness (QED) is 0.874. The number of likely N-dealkylation sites (tertiary alicyclic amines) is 1. The van der Waals surface area contributed by atoms with Crippen LogP contribution in [0.3, 0.4) is 0 Å². The number of ether oxygens (including phenoxy) is 2. The maximum atomic E-state index is 12.7. The van der Waals surface area contributed by atoms with Gasteiger partial charge in [-0.15, -0.1) is 0 Å². The Labute approximate surface area is 122 Å². The summed E-state index contributed by atoms with van der Waals surface area (Å²) in [5, 5.41) is 1.07. The van der Waals surface area contributed by atoms with Crippen LogP contribution in [0.2, 0.25) is 0 Å². The minimum Gasteiger partial charge on any atom is -0.361 e. The fourth-order valence-electron chi connectivity index (χ4n) is 3.27. The van der Waals surface area contributed by atoms with Gasteiger partial charge in [-0.05, 0) is 12.1 Å². The summed E-state index contributed by atoms with van der Waals surface area (Å²) >= 11 is 0. The Hall–Kier alpha value is -1.85. The van der Waals surface area contributed by atoms with Gasteiger partial charge in [0.2, 0.25) is 0 Å². The monoisotopic (exact) mass is 286 g/mol. The number of aromatic nitrogens is 1. The van der Waals surface area contributed by atoms with Crippen molar-refractivity contribution in [2.75, 3.05) is 26.3 Å². The van der Waals surface area contributed by atoms with E-state index in [0.29, 0.717) is 26.3 Å². The number of rotatable bonds is 1. The van der Waals surface area contributed by atoms with Crippen LogP contribution in [0.5, 0.6) is 0 Å². The molecule has 2 aromatic rings. The second-order valence-corrected chi connectivity index (χ2v) is 5.65. The number of carbonyl (C=O) groups is 1. The molecule has 0 saturated carbocycles. The molecule has 1 amide bonds. The first-order valence-corrected chi connectivity index (χ1v) is 7.41. The summed E-state index contributed by atoms with van der Waals surface area (Å²) in [5.74, 6) is -0.356. The third-order valence-electron chi connectivity index (χ3n) is 4.44. The minimum atomic E-state index is -0.435. The molecule has 1 N–H and O–H groups in total. The van der Waals surface area contributed by atoms with E-state index in [9.17, 15) is 4.79 Å². The van der Waals surface area contributed by atoms with Crippen molar-refractivity contribution >= 4 is 16.8 Å². The van der Waals surface area contributed by atoms with Crippen LogP contribution >= 0.6 is 0 Å². The van der Waals surface area contributed by atoms with Crippen LogP contribution in [0.15, 0.2) is 30.5 Å². The van der Waals surface area contributed by atoms with Gasteiger partial charge in [0.25, 0.3) is 5.91 Å². The molecule has 2 saturated heterocycles. The molecule has 0 bridgehead atoms. The Morgan fingerprint density at radius 3 is 2.67 bits per heavy atom. The smallest absolute Gasteiger partial charge is 0.255 e. The van der Waals surface area contributed by atoms with Crippen molar-refractivity contribution in [2.24, 2.45) is 0 Å². The lowest BCUT2D eigenvalue weighted by atomic mass is 10.0. The molecule has 0 atom stereocenters. The zero-order chi connectivity index (χ0) is 14.3. The number of H-pyrrole nitrogens is 1. The average molecular weight is 286 g/mol. The number of piperidine rings is 1. The lowest BCUT2D eigenvalue weighted by Crippen LogP contribution is -2.47. The fourth-order valence-corrected chi connectivity index (χ4v) is 3.27. The Morgan fingerprint density at radius 2 is 1.90 bits per heavy atom. The van der Waals surface area contributed by atoms with Crippen molar-refractivity contribution in [1.29, 1.82) is 0 Å². The molecule has 2 aliphatic heterocycles. The molecule has 0 unspecified atom stereocenters. The normalized spacial score (nSPS) is 21.2. The summed E-state index contributed by atoms with van der Waals surface area (Å²) in [6.07, 6.45) is 3.37. The van der Waals surface area contributed by atoms with Gasteiger partial charge in [-0.2, -0.15) is 0 Å². The number of nitrogens with one attached hydrogen (secondary N) is 1. The van der Waals surface area contributed by atoms with Gasteiger partial charge in [0.1, 0.15) is 0 Å². The van der Waals surface area contributed by atoms with Gasteiger partial charge in [0.15, 0.2) is 5.79 Å². The van der Waals surface area contributed by atoms with Gasteiger partial charge in [-0.25, -0.2) is 0 Å². The number of benzene rings is 1. The van der Waals surface area contributed by atoms with Crippen molar-refractivity contribution in [2.45, 2.75) is 18.6 Å². The fraction of sp³-hybridized carbons (Fsp3) is 0.438. The molecular formula is C16H18N2O3. The maximum Gasteiger partial charge on any atom is 0.255 e. The predicted molar refractivity (Wildman–Crippen MR) is 78.1 cm³/mol. The van der Waals surface area contributed by atoms with Crippen LogP contribution in [0.1, 0.15) is 23.2 Å². The highest BCUT2D eigenvalue weighted by Gasteiger charge is 2.41. The first kappa shape index (κ1) is 12.9. The molecule has 110 valence electrons. The van der Waals surface area contributed by atoms with Crippen LogP contribution in [-0.4, -0.2) is 47.9 Å². The number of aromatic amines is 1. The van der Waals surface area contributed by atoms with Crippen molar-refractivity contribution in [3.05, 3.63) is 36.0 Å². The number of para-hydroxylation sites is 1. The molecule has 5 nitrogen and oxygen atoms in total. The Kier molecular flexibility index (Phi) is 2.97. The van der Waals surface area contributed by atoms with Gasteiger partial charge < -0.3 is 19.4 Å². The standard InChI is InChI=1S/C16H18N2O3/c19-15(13-3-1-2-12-4-7-17-14(12)13)18-8-5-16(6-9-18)20-10-11-21-16/h1-4,7,17H,5-6,8-11H2. The first-order chi connectivity index (χ1) is 10.3. The predicted octanol–water partition coefficient (Wildman–Crippen LogP) is 2.15. The SMILES string of the molecule is O=C(c1cccc2cc[nH]c12)N1CCC2(CC1)OCCO2. The number of carbonyl (C=O) groups excluding carboxylic acids is 1. The molecule has 5 heteroatoms. The van der Waals surface area contributed by atoms with Gasteiger partial charge in [0.05, 0.1) is 24.3 Å². The highest BCUT2D eigenvalue weighted by molar-refractivity contribution is 6.05. The molecule has 2 fully saturated rings. The van der Waals surface area contributed by atoms with Crippen molar-refractivity contribution in [3.63, 3.8) is 0 Å². The van der Waals surface area contributed by atoms with Crippen molar-refractivity contribution in [1.82, 2.24) is 9.88 Å². The summed E-state index contributed by atoms with van der Waals surface area (Å²) < 4.78 is 11.4. The second-order valence-electron chi connectivity index (χ2n) is 5.65. The van der Waals surface area contributed by atoms with E-state index in [1.165, 1.54) is 0 Å². The van der Waals surface area contributed by atoms with E-state index < -0.39 is 5.79 Å². The molecule has 1 aromatic heterocycles. The van der Waals surface area contributed by atoms with E-state index in [-0.39, 0.29) is 5.91 Å². The van der Waals surface area contributed by atoms with Gasteiger partial charge in [-0.1, -0.05) is 12.1 Å². The maximum absolute atomic E-state index is 12.7. The van der Waals surface area contributed by atoms with E-state index in [4.69, 9.17) is 9.47 Å². The van der Waals surface area contributed by atoms with E-state index in [1.807, 2.05) is 35.4 Å². The number of amides is 1. The first-order valence-electron chi connectivity index (χ1n) is 7.41. The summed E-state index contributed by atoms with van der Waals surface area (Å²) in [7, 11) is 0. The van der Waals surface area contributed by atoms with E-state index >= 15 is 0 Å². The molecule has 0 aliphatic carbocycles. The second kappa shape index (κ2) is 4.86. The Bertz CT molecular complexity index is 663. The Balaban J connectivity index is 1.54. The average Bonchev–Trinajstić information content (AvgIpc) is 3.16. The molecule has 2 aliphatic rings. The third kappa shape index (κ3) is 2.13. The largest absolute Gasteiger partial charge is 0.361 e.